The molecule has 29 heavy (non-hydrogen) atoms. The Labute approximate surface area is 184 Å². The van der Waals surface area contributed by atoms with Crippen LogP contribution in [0.2, 0.25) is 0 Å². The van der Waals surface area contributed by atoms with E-state index < -0.39 is 0 Å². The number of halogens is 1. The smallest absolute Gasteiger partial charge is 0.257 e. The number of amides is 2. The van der Waals surface area contributed by atoms with E-state index in [1.54, 1.807) is 24.3 Å². The van der Waals surface area contributed by atoms with E-state index in [2.05, 4.69) is 37.5 Å². The lowest BCUT2D eigenvalue weighted by molar-refractivity contribution is -0.116. The molecule has 4 rings (SSSR count). The standard InChI is InChI=1S/C20H17BrN4O2S2/c21-15-9-7-14(8-10-15)18(27)22-19-23-24-20(29-19)28-12-17(26)25-11-3-5-13-4-1-2-6-16(13)25/h1-2,4,6-10H,3,5,11-12H2,(H,22,23,27). The quantitative estimate of drug-likeness (QED) is 0.418. The first kappa shape index (κ1) is 20.1. The summed E-state index contributed by atoms with van der Waals surface area (Å²) in [5.41, 5.74) is 2.76. The van der Waals surface area contributed by atoms with Crippen molar-refractivity contribution < 1.29 is 9.59 Å². The zero-order chi connectivity index (χ0) is 20.2. The van der Waals surface area contributed by atoms with Gasteiger partial charge in [-0.15, -0.1) is 10.2 Å². The van der Waals surface area contributed by atoms with Gasteiger partial charge in [0.05, 0.1) is 5.75 Å². The van der Waals surface area contributed by atoms with Crippen LogP contribution in [0.15, 0.2) is 57.3 Å². The maximum absolute atomic E-state index is 12.7. The number of benzene rings is 2. The molecule has 148 valence electrons. The van der Waals surface area contributed by atoms with Gasteiger partial charge < -0.3 is 4.90 Å². The molecule has 1 N–H and O–H groups in total. The summed E-state index contributed by atoms with van der Waals surface area (Å²) in [5.74, 6) is 0.0906. The zero-order valence-electron chi connectivity index (χ0n) is 15.3. The number of hydrogen-bond donors (Lipinski definition) is 1. The van der Waals surface area contributed by atoms with E-state index in [1.807, 2.05) is 23.1 Å². The fraction of sp³-hybridized carbons (Fsp3) is 0.200. The monoisotopic (exact) mass is 488 g/mol. The average molecular weight is 489 g/mol. The number of fused-ring (bicyclic) bond motifs is 1. The van der Waals surface area contributed by atoms with E-state index in [0.717, 1.165) is 29.5 Å². The van der Waals surface area contributed by atoms with E-state index >= 15 is 0 Å². The molecule has 0 bridgehead atoms. The van der Waals surface area contributed by atoms with E-state index in [1.165, 1.54) is 28.7 Å². The minimum absolute atomic E-state index is 0.0535. The van der Waals surface area contributed by atoms with E-state index in [4.69, 9.17) is 0 Å². The Morgan fingerprint density at radius 3 is 2.76 bits per heavy atom. The van der Waals surface area contributed by atoms with Crippen LogP contribution in [0.1, 0.15) is 22.3 Å². The summed E-state index contributed by atoms with van der Waals surface area (Å²) in [6.45, 7) is 0.737. The molecule has 6 nitrogen and oxygen atoms in total. The highest BCUT2D eigenvalue weighted by molar-refractivity contribution is 9.10. The van der Waals surface area contributed by atoms with Crippen molar-refractivity contribution in [2.45, 2.75) is 17.2 Å². The summed E-state index contributed by atoms with van der Waals surface area (Å²) >= 11 is 5.95. The number of nitrogens with zero attached hydrogens (tertiary/aromatic N) is 3. The number of hydrogen-bond acceptors (Lipinski definition) is 6. The Balaban J connectivity index is 1.34. The Kier molecular flexibility index (Phi) is 6.27. The first-order chi connectivity index (χ1) is 14.1. The highest BCUT2D eigenvalue weighted by Gasteiger charge is 2.22. The lowest BCUT2D eigenvalue weighted by Crippen LogP contribution is -2.36. The largest absolute Gasteiger partial charge is 0.311 e. The van der Waals surface area contributed by atoms with Crippen LogP contribution in [-0.4, -0.2) is 34.3 Å². The van der Waals surface area contributed by atoms with Crippen LogP contribution in [0.5, 0.6) is 0 Å². The number of nitrogens with one attached hydrogen (secondary N) is 1. The third-order valence-corrected chi connectivity index (χ3v) is 6.95. The van der Waals surface area contributed by atoms with E-state index in [0.29, 0.717) is 15.0 Å². The number of carbonyl (C=O) groups is 2. The van der Waals surface area contributed by atoms with Gasteiger partial charge in [-0.05, 0) is 48.7 Å². The van der Waals surface area contributed by atoms with Crippen molar-refractivity contribution in [3.63, 3.8) is 0 Å². The van der Waals surface area contributed by atoms with Gasteiger partial charge >= 0.3 is 0 Å². The molecule has 1 aromatic heterocycles. The zero-order valence-corrected chi connectivity index (χ0v) is 18.5. The second kappa shape index (κ2) is 9.06. The normalized spacial score (nSPS) is 13.1. The fourth-order valence-electron chi connectivity index (χ4n) is 3.08. The second-order valence-electron chi connectivity index (χ2n) is 6.40. The van der Waals surface area contributed by atoms with Crippen molar-refractivity contribution in [1.82, 2.24) is 10.2 Å². The van der Waals surface area contributed by atoms with Gasteiger partial charge in [-0.25, -0.2) is 0 Å². The molecule has 0 unspecified atom stereocenters. The molecule has 9 heteroatoms. The molecule has 0 fully saturated rings. The molecule has 2 heterocycles. The SMILES string of the molecule is O=C(Nc1nnc(SCC(=O)N2CCCc3ccccc32)s1)c1ccc(Br)cc1. The van der Waals surface area contributed by atoms with Crippen molar-refractivity contribution in [1.29, 1.82) is 0 Å². The minimum atomic E-state index is -0.244. The number of anilines is 2. The minimum Gasteiger partial charge on any atom is -0.311 e. The molecule has 2 amide bonds. The number of rotatable bonds is 5. The molecule has 0 saturated carbocycles. The number of aromatic nitrogens is 2. The molecule has 3 aromatic rings. The van der Waals surface area contributed by atoms with Crippen LogP contribution in [0.25, 0.3) is 0 Å². The Morgan fingerprint density at radius 1 is 1.14 bits per heavy atom. The second-order valence-corrected chi connectivity index (χ2v) is 9.52. The van der Waals surface area contributed by atoms with E-state index in [-0.39, 0.29) is 17.6 Å². The van der Waals surface area contributed by atoms with Gasteiger partial charge in [-0.1, -0.05) is 57.2 Å². The number of aryl methyl sites for hydroxylation is 1. The van der Waals surface area contributed by atoms with Crippen molar-refractivity contribution in [2.75, 3.05) is 22.5 Å². The number of para-hydroxylation sites is 1. The van der Waals surface area contributed by atoms with Crippen LogP contribution in [-0.2, 0) is 11.2 Å². The topological polar surface area (TPSA) is 75.2 Å². The maximum Gasteiger partial charge on any atom is 0.257 e. The predicted octanol–water partition coefficient (Wildman–Crippen LogP) is 4.62. The molecular weight excluding hydrogens is 472 g/mol. The summed E-state index contributed by atoms with van der Waals surface area (Å²) in [7, 11) is 0. The Morgan fingerprint density at radius 2 is 1.93 bits per heavy atom. The average Bonchev–Trinajstić information content (AvgIpc) is 3.19. The van der Waals surface area contributed by atoms with Gasteiger partial charge in [0, 0.05) is 22.3 Å². The van der Waals surface area contributed by atoms with Gasteiger partial charge in [0.15, 0.2) is 4.34 Å². The maximum atomic E-state index is 12.7. The van der Waals surface area contributed by atoms with Gasteiger partial charge in [0.2, 0.25) is 11.0 Å². The van der Waals surface area contributed by atoms with Crippen LogP contribution in [0, 0.1) is 0 Å². The third-order valence-electron chi connectivity index (χ3n) is 4.46. The predicted molar refractivity (Wildman–Crippen MR) is 120 cm³/mol. The molecule has 0 aliphatic carbocycles. The molecule has 0 spiro atoms. The summed E-state index contributed by atoms with van der Waals surface area (Å²) in [4.78, 5) is 26.8. The highest BCUT2D eigenvalue weighted by Crippen LogP contribution is 2.30. The summed E-state index contributed by atoms with van der Waals surface area (Å²) in [6.07, 6.45) is 1.98. The first-order valence-corrected chi connectivity index (χ1v) is 11.6. The molecule has 0 atom stereocenters. The molecule has 1 aliphatic rings. The van der Waals surface area contributed by atoms with Gasteiger partial charge in [-0.2, -0.15) is 0 Å². The van der Waals surface area contributed by atoms with Gasteiger partial charge in [-0.3, -0.25) is 14.9 Å². The fourth-order valence-corrected chi connectivity index (χ4v) is 4.97. The highest BCUT2D eigenvalue weighted by atomic mass is 79.9. The van der Waals surface area contributed by atoms with Crippen molar-refractivity contribution in [3.05, 3.63) is 64.1 Å². The van der Waals surface area contributed by atoms with Gasteiger partial charge in [0.1, 0.15) is 0 Å². The Hall–Kier alpha value is -2.23. The van der Waals surface area contributed by atoms with Crippen LogP contribution in [0.3, 0.4) is 0 Å². The molecule has 1 aliphatic heterocycles. The van der Waals surface area contributed by atoms with Crippen molar-refractivity contribution in [3.8, 4) is 0 Å². The van der Waals surface area contributed by atoms with Crippen LogP contribution >= 0.6 is 39.0 Å². The first-order valence-electron chi connectivity index (χ1n) is 9.01. The van der Waals surface area contributed by atoms with Gasteiger partial charge in [0.25, 0.3) is 5.91 Å². The lowest BCUT2D eigenvalue weighted by atomic mass is 10.0. The Bertz CT molecular complexity index is 1040. The number of thioether (sulfide) groups is 1. The van der Waals surface area contributed by atoms with Crippen molar-refractivity contribution in [2.24, 2.45) is 0 Å². The molecule has 0 radical (unpaired) electrons. The summed E-state index contributed by atoms with van der Waals surface area (Å²) in [5, 5.41) is 11.2. The summed E-state index contributed by atoms with van der Waals surface area (Å²) in [6, 6.07) is 15.1. The molecular formula is C20H17BrN4O2S2. The van der Waals surface area contributed by atoms with Crippen molar-refractivity contribution >= 4 is 61.7 Å². The van der Waals surface area contributed by atoms with Crippen LogP contribution in [0.4, 0.5) is 10.8 Å². The lowest BCUT2D eigenvalue weighted by Gasteiger charge is -2.29. The third kappa shape index (κ3) is 4.85. The van der Waals surface area contributed by atoms with Crippen LogP contribution < -0.4 is 10.2 Å². The van der Waals surface area contributed by atoms with E-state index in [9.17, 15) is 9.59 Å². The molecule has 2 aromatic carbocycles. The summed E-state index contributed by atoms with van der Waals surface area (Å²) < 4.78 is 1.55. The molecule has 0 saturated heterocycles. The number of carbonyl (C=O) groups excluding carboxylic acids is 2.